The predicted molar refractivity (Wildman–Crippen MR) is 71.3 cm³/mol. The Balaban J connectivity index is 2.43. The van der Waals surface area contributed by atoms with Crippen LogP contribution in [0.3, 0.4) is 0 Å². The van der Waals surface area contributed by atoms with E-state index in [1.807, 2.05) is 12.1 Å². The van der Waals surface area contributed by atoms with Gasteiger partial charge < -0.3 is 11.5 Å². The lowest BCUT2D eigenvalue weighted by molar-refractivity contribution is -0.117. The summed E-state index contributed by atoms with van der Waals surface area (Å²) in [6, 6.07) is 8.19. The summed E-state index contributed by atoms with van der Waals surface area (Å²) in [4.78, 5) is 11.8. The van der Waals surface area contributed by atoms with Crippen LogP contribution in [0.2, 0.25) is 0 Å². The van der Waals surface area contributed by atoms with Crippen molar-refractivity contribution in [1.82, 2.24) is 0 Å². The van der Waals surface area contributed by atoms with Crippen molar-refractivity contribution in [1.29, 1.82) is 0 Å². The van der Waals surface area contributed by atoms with Gasteiger partial charge in [-0.3, -0.25) is 4.79 Å². The van der Waals surface area contributed by atoms with Gasteiger partial charge in [0, 0.05) is 17.1 Å². The van der Waals surface area contributed by atoms with Crippen LogP contribution in [0.25, 0.3) is 0 Å². The zero-order valence-corrected chi connectivity index (χ0v) is 10.7. The zero-order valence-electron chi connectivity index (χ0n) is 9.02. The molecule has 0 spiro atoms. The van der Waals surface area contributed by atoms with E-state index in [0.717, 1.165) is 12.2 Å². The Kier molecular flexibility index (Phi) is 6.37. The zero-order chi connectivity index (χ0) is 11.8. The first-order chi connectivity index (χ1) is 7.74. The predicted octanol–water partition coefficient (Wildman–Crippen LogP) is 1.80. The van der Waals surface area contributed by atoms with Crippen LogP contribution in [-0.4, -0.2) is 18.2 Å². The van der Waals surface area contributed by atoms with Crippen molar-refractivity contribution < 1.29 is 4.79 Å². The van der Waals surface area contributed by atoms with Crippen LogP contribution in [0.4, 0.5) is 0 Å². The van der Waals surface area contributed by atoms with Crippen LogP contribution >= 0.6 is 21.6 Å². The van der Waals surface area contributed by atoms with E-state index < -0.39 is 0 Å². The fourth-order valence-corrected chi connectivity index (χ4v) is 3.47. The van der Waals surface area contributed by atoms with Gasteiger partial charge in [0.05, 0.1) is 0 Å². The molecule has 5 heteroatoms. The van der Waals surface area contributed by atoms with Gasteiger partial charge in [0.15, 0.2) is 0 Å². The number of amides is 1. The number of hydrogen-bond donors (Lipinski definition) is 2. The first kappa shape index (κ1) is 13.4. The monoisotopic (exact) mass is 256 g/mol. The van der Waals surface area contributed by atoms with E-state index in [4.69, 9.17) is 11.5 Å². The second kappa shape index (κ2) is 7.60. The molecule has 0 aromatic heterocycles. The van der Waals surface area contributed by atoms with Crippen molar-refractivity contribution in [3.63, 3.8) is 0 Å². The standard InChI is InChI=1S/C11H16N2OS2/c12-7-5-9-3-1-2-4-10(9)16-15-8-6-11(13)14/h1-4H,5-8,12H2,(H2,13,14). The number of carbonyl (C=O) groups excluding carboxylic acids is 1. The van der Waals surface area contributed by atoms with Crippen molar-refractivity contribution in [2.24, 2.45) is 11.5 Å². The van der Waals surface area contributed by atoms with Gasteiger partial charge in [0.1, 0.15) is 0 Å². The summed E-state index contributed by atoms with van der Waals surface area (Å²) < 4.78 is 0. The van der Waals surface area contributed by atoms with Crippen LogP contribution in [0, 0.1) is 0 Å². The normalized spacial score (nSPS) is 10.3. The molecule has 88 valence electrons. The third-order valence-corrected chi connectivity index (χ3v) is 4.43. The molecule has 0 fully saturated rings. The van der Waals surface area contributed by atoms with E-state index in [0.29, 0.717) is 13.0 Å². The maximum Gasteiger partial charge on any atom is 0.218 e. The summed E-state index contributed by atoms with van der Waals surface area (Å²) in [6.07, 6.45) is 1.32. The average molecular weight is 256 g/mol. The molecule has 0 saturated carbocycles. The molecule has 1 aromatic carbocycles. The highest BCUT2D eigenvalue weighted by Gasteiger charge is 2.02. The molecule has 16 heavy (non-hydrogen) atoms. The van der Waals surface area contributed by atoms with E-state index in [9.17, 15) is 4.79 Å². The van der Waals surface area contributed by atoms with Crippen LogP contribution in [0.1, 0.15) is 12.0 Å². The first-order valence-electron chi connectivity index (χ1n) is 5.09. The van der Waals surface area contributed by atoms with Gasteiger partial charge in [-0.2, -0.15) is 0 Å². The molecule has 1 rings (SSSR count). The van der Waals surface area contributed by atoms with Gasteiger partial charge in [0.25, 0.3) is 0 Å². The van der Waals surface area contributed by atoms with E-state index in [-0.39, 0.29) is 5.91 Å². The van der Waals surface area contributed by atoms with E-state index >= 15 is 0 Å². The molecule has 0 aliphatic heterocycles. The second-order valence-corrected chi connectivity index (χ2v) is 5.73. The van der Waals surface area contributed by atoms with Crippen LogP contribution < -0.4 is 11.5 Å². The SMILES string of the molecule is NCCc1ccccc1SSCCC(N)=O. The third-order valence-electron chi connectivity index (χ3n) is 1.97. The smallest absolute Gasteiger partial charge is 0.218 e. The summed E-state index contributed by atoms with van der Waals surface area (Å²) in [5, 5.41) is 0. The Labute approximate surface area is 104 Å². The van der Waals surface area contributed by atoms with Gasteiger partial charge in [-0.25, -0.2) is 0 Å². The molecule has 4 N–H and O–H groups in total. The number of nitrogens with two attached hydrogens (primary N) is 2. The van der Waals surface area contributed by atoms with Crippen LogP contribution in [0.15, 0.2) is 29.2 Å². The minimum Gasteiger partial charge on any atom is -0.370 e. The molecule has 0 aliphatic carbocycles. The molecule has 0 bridgehead atoms. The van der Waals surface area contributed by atoms with Gasteiger partial charge in [0.2, 0.25) is 5.91 Å². The average Bonchev–Trinajstić information content (AvgIpc) is 2.26. The largest absolute Gasteiger partial charge is 0.370 e. The summed E-state index contributed by atoms with van der Waals surface area (Å²) in [5.41, 5.74) is 11.9. The number of hydrogen-bond acceptors (Lipinski definition) is 4. The van der Waals surface area contributed by atoms with Gasteiger partial charge >= 0.3 is 0 Å². The Morgan fingerprint density at radius 1 is 1.31 bits per heavy atom. The lowest BCUT2D eigenvalue weighted by Crippen LogP contribution is -2.10. The van der Waals surface area contributed by atoms with E-state index in [1.165, 1.54) is 10.5 Å². The van der Waals surface area contributed by atoms with Crippen molar-refractivity contribution in [2.75, 3.05) is 12.3 Å². The van der Waals surface area contributed by atoms with Crippen molar-refractivity contribution in [3.05, 3.63) is 29.8 Å². The molecular weight excluding hydrogens is 240 g/mol. The Bertz CT molecular complexity index is 345. The molecule has 0 heterocycles. The fraction of sp³-hybridized carbons (Fsp3) is 0.364. The number of carbonyl (C=O) groups is 1. The van der Waals surface area contributed by atoms with Crippen LogP contribution in [0.5, 0.6) is 0 Å². The quantitative estimate of drug-likeness (QED) is 0.576. The van der Waals surface area contributed by atoms with Crippen molar-refractivity contribution >= 4 is 27.5 Å². The lowest BCUT2D eigenvalue weighted by atomic mass is 10.1. The van der Waals surface area contributed by atoms with E-state index in [1.54, 1.807) is 21.6 Å². The number of primary amides is 1. The summed E-state index contributed by atoms with van der Waals surface area (Å²) >= 11 is 0. The highest BCUT2D eigenvalue weighted by molar-refractivity contribution is 8.76. The molecule has 0 aliphatic rings. The minimum atomic E-state index is -0.247. The molecular formula is C11H16N2OS2. The Morgan fingerprint density at radius 3 is 2.75 bits per heavy atom. The molecule has 3 nitrogen and oxygen atoms in total. The minimum absolute atomic E-state index is 0.247. The summed E-state index contributed by atoms with van der Waals surface area (Å²) in [5.74, 6) is 0.500. The lowest BCUT2D eigenvalue weighted by Gasteiger charge is -2.06. The van der Waals surface area contributed by atoms with Gasteiger partial charge in [-0.1, -0.05) is 39.8 Å². The molecule has 1 amide bonds. The first-order valence-corrected chi connectivity index (χ1v) is 7.41. The topological polar surface area (TPSA) is 69.1 Å². The molecule has 0 atom stereocenters. The maximum absolute atomic E-state index is 10.6. The second-order valence-electron chi connectivity index (χ2n) is 3.27. The third kappa shape index (κ3) is 4.92. The molecule has 0 radical (unpaired) electrons. The van der Waals surface area contributed by atoms with Crippen LogP contribution in [-0.2, 0) is 11.2 Å². The summed E-state index contributed by atoms with van der Waals surface area (Å²) in [6.45, 7) is 0.656. The van der Waals surface area contributed by atoms with Crippen molar-refractivity contribution in [2.45, 2.75) is 17.7 Å². The Hall–Kier alpha value is -0.650. The van der Waals surface area contributed by atoms with Gasteiger partial charge in [-0.05, 0) is 24.6 Å². The highest BCUT2D eigenvalue weighted by Crippen LogP contribution is 2.33. The van der Waals surface area contributed by atoms with Crippen molar-refractivity contribution in [3.8, 4) is 0 Å². The van der Waals surface area contributed by atoms with Gasteiger partial charge in [-0.15, -0.1) is 0 Å². The number of rotatable bonds is 7. The molecule has 0 saturated heterocycles. The highest BCUT2D eigenvalue weighted by atomic mass is 33.1. The molecule has 1 aromatic rings. The molecule has 0 unspecified atom stereocenters. The maximum atomic E-state index is 10.6. The summed E-state index contributed by atoms with van der Waals surface area (Å²) in [7, 11) is 3.33. The Morgan fingerprint density at radius 2 is 2.06 bits per heavy atom. The van der Waals surface area contributed by atoms with E-state index in [2.05, 4.69) is 12.1 Å². The fourth-order valence-electron chi connectivity index (χ4n) is 1.19. The number of benzene rings is 1.